The summed E-state index contributed by atoms with van der Waals surface area (Å²) in [5, 5.41) is 14.0. The molecule has 3 nitrogen and oxygen atoms in total. The van der Waals surface area contributed by atoms with Gasteiger partial charge >= 0.3 is 0 Å². The smallest absolute Gasteiger partial charge is 0.0787 e. The van der Waals surface area contributed by atoms with E-state index in [0.29, 0.717) is 6.54 Å². The van der Waals surface area contributed by atoms with Crippen molar-refractivity contribution < 1.29 is 5.11 Å². The van der Waals surface area contributed by atoms with Gasteiger partial charge in [0, 0.05) is 31.9 Å². The minimum absolute atomic E-state index is 0.489. The molecule has 0 aromatic heterocycles. The maximum absolute atomic E-state index is 10.5. The van der Waals surface area contributed by atoms with Gasteiger partial charge in [-0.25, -0.2) is 0 Å². The lowest BCUT2D eigenvalue weighted by atomic mass is 9.97. The van der Waals surface area contributed by atoms with Gasteiger partial charge in [0.25, 0.3) is 0 Å². The Morgan fingerprint density at radius 2 is 1.65 bits per heavy atom. The number of benzene rings is 1. The molecule has 2 aliphatic heterocycles. The first-order chi connectivity index (χ1) is 11.3. The average molecular weight is 335 g/mol. The van der Waals surface area contributed by atoms with Crippen molar-refractivity contribution in [2.24, 2.45) is 0 Å². The molecule has 128 valence electrons. The van der Waals surface area contributed by atoms with Gasteiger partial charge in [0.15, 0.2) is 0 Å². The van der Waals surface area contributed by atoms with Gasteiger partial charge in [-0.3, -0.25) is 0 Å². The van der Waals surface area contributed by atoms with E-state index in [9.17, 15) is 5.11 Å². The van der Waals surface area contributed by atoms with E-state index >= 15 is 0 Å². The van der Waals surface area contributed by atoms with Gasteiger partial charge in [0.2, 0.25) is 0 Å². The highest BCUT2D eigenvalue weighted by Crippen LogP contribution is 2.26. The number of anilines is 1. The molecule has 3 rings (SSSR count). The van der Waals surface area contributed by atoms with Gasteiger partial charge < -0.3 is 15.3 Å². The van der Waals surface area contributed by atoms with Crippen molar-refractivity contribution >= 4 is 17.4 Å². The Labute approximate surface area is 144 Å². The Morgan fingerprint density at radius 3 is 2.30 bits per heavy atom. The Kier molecular flexibility index (Phi) is 6.26. The second-order valence-corrected chi connectivity index (χ2v) is 8.23. The summed E-state index contributed by atoms with van der Waals surface area (Å²) in [5.41, 5.74) is 2.17. The molecule has 2 heterocycles. The molecule has 2 fully saturated rings. The molecule has 4 heteroatoms. The van der Waals surface area contributed by atoms with Crippen molar-refractivity contribution in [1.29, 1.82) is 0 Å². The van der Waals surface area contributed by atoms with Crippen LogP contribution in [-0.2, 0) is 6.54 Å². The van der Waals surface area contributed by atoms with Gasteiger partial charge in [-0.2, -0.15) is 11.8 Å². The van der Waals surface area contributed by atoms with Crippen LogP contribution in [0.1, 0.15) is 44.1 Å². The third kappa shape index (κ3) is 5.13. The molecule has 0 spiro atoms. The van der Waals surface area contributed by atoms with Crippen LogP contribution in [0.5, 0.6) is 0 Å². The summed E-state index contributed by atoms with van der Waals surface area (Å²) in [4.78, 5) is 2.52. The fourth-order valence-corrected chi connectivity index (χ4v) is 4.77. The molecular weight excluding hydrogens is 304 g/mol. The molecule has 2 aliphatic rings. The number of rotatable bonds is 5. The van der Waals surface area contributed by atoms with Crippen LogP contribution in [0.15, 0.2) is 24.3 Å². The summed E-state index contributed by atoms with van der Waals surface area (Å²) < 4.78 is 0. The van der Waals surface area contributed by atoms with Crippen molar-refractivity contribution in [3.8, 4) is 0 Å². The predicted molar refractivity (Wildman–Crippen MR) is 100 cm³/mol. The number of nitrogens with zero attached hydrogens (tertiary/aromatic N) is 1. The number of hydrogen-bond acceptors (Lipinski definition) is 4. The number of aliphatic hydroxyl groups is 1. The third-order valence-corrected chi connectivity index (χ3v) is 6.10. The fraction of sp³-hybridized carbons (Fsp3) is 0.684. The molecule has 0 radical (unpaired) electrons. The quantitative estimate of drug-likeness (QED) is 0.865. The Morgan fingerprint density at radius 1 is 1.00 bits per heavy atom. The molecule has 0 saturated carbocycles. The van der Waals surface area contributed by atoms with E-state index in [1.807, 2.05) is 11.8 Å². The Hall–Kier alpha value is -0.710. The van der Waals surface area contributed by atoms with Crippen molar-refractivity contribution in [2.75, 3.05) is 36.0 Å². The molecule has 0 amide bonds. The lowest BCUT2D eigenvalue weighted by Gasteiger charge is -2.32. The molecule has 0 bridgehead atoms. The van der Waals surface area contributed by atoms with E-state index in [0.717, 1.165) is 30.9 Å². The van der Waals surface area contributed by atoms with E-state index in [2.05, 4.69) is 34.5 Å². The highest BCUT2D eigenvalue weighted by atomic mass is 32.2. The summed E-state index contributed by atoms with van der Waals surface area (Å²) in [5.74, 6) is 2.17. The van der Waals surface area contributed by atoms with E-state index in [4.69, 9.17) is 0 Å². The van der Waals surface area contributed by atoms with Crippen LogP contribution in [-0.4, -0.2) is 41.8 Å². The Bertz CT molecular complexity index is 463. The van der Waals surface area contributed by atoms with E-state index in [1.165, 1.54) is 50.0 Å². The normalized spacial score (nSPS) is 21.9. The summed E-state index contributed by atoms with van der Waals surface area (Å²) in [6.45, 7) is 3.95. The molecule has 0 atom stereocenters. The van der Waals surface area contributed by atoms with Crippen LogP contribution >= 0.6 is 11.8 Å². The van der Waals surface area contributed by atoms with Gasteiger partial charge in [-0.05, 0) is 54.9 Å². The third-order valence-electron chi connectivity index (χ3n) is 5.11. The molecule has 2 saturated heterocycles. The van der Waals surface area contributed by atoms with Crippen LogP contribution in [0.3, 0.4) is 0 Å². The van der Waals surface area contributed by atoms with Crippen LogP contribution in [0.25, 0.3) is 0 Å². The first-order valence-electron chi connectivity index (χ1n) is 9.10. The van der Waals surface area contributed by atoms with Crippen molar-refractivity contribution in [3.05, 3.63) is 29.8 Å². The zero-order valence-electron chi connectivity index (χ0n) is 14.1. The van der Waals surface area contributed by atoms with Gasteiger partial charge in [-0.1, -0.05) is 25.0 Å². The lowest BCUT2D eigenvalue weighted by molar-refractivity contribution is 0.0320. The molecule has 0 aliphatic carbocycles. The SMILES string of the molecule is OC1(CNCc2ccc(N3CCCCCC3)cc2)CCSCC1. The van der Waals surface area contributed by atoms with Crippen LogP contribution < -0.4 is 10.2 Å². The fourth-order valence-electron chi connectivity index (χ4n) is 3.52. The largest absolute Gasteiger partial charge is 0.389 e. The second-order valence-electron chi connectivity index (χ2n) is 7.01. The minimum atomic E-state index is -0.489. The summed E-state index contributed by atoms with van der Waals surface area (Å²) in [6.07, 6.45) is 7.22. The average Bonchev–Trinajstić information content (AvgIpc) is 2.85. The maximum Gasteiger partial charge on any atom is 0.0787 e. The number of thioether (sulfide) groups is 1. The molecule has 1 aromatic rings. The first kappa shape index (κ1) is 17.1. The van der Waals surface area contributed by atoms with Crippen LogP contribution in [0.2, 0.25) is 0 Å². The minimum Gasteiger partial charge on any atom is -0.389 e. The van der Waals surface area contributed by atoms with Gasteiger partial charge in [0.05, 0.1) is 5.60 Å². The molecule has 1 aromatic carbocycles. The maximum atomic E-state index is 10.5. The zero-order chi connectivity index (χ0) is 16.0. The standard InChI is InChI=1S/C19H30N2OS/c22-19(9-13-23-14-10-19)16-20-15-17-5-7-18(8-6-17)21-11-3-1-2-4-12-21/h5-8,20,22H,1-4,9-16H2. The van der Waals surface area contributed by atoms with E-state index < -0.39 is 5.60 Å². The highest BCUT2D eigenvalue weighted by molar-refractivity contribution is 7.99. The lowest BCUT2D eigenvalue weighted by Crippen LogP contribution is -2.43. The molecule has 2 N–H and O–H groups in total. The van der Waals surface area contributed by atoms with E-state index in [-0.39, 0.29) is 0 Å². The number of nitrogens with one attached hydrogen (secondary N) is 1. The highest BCUT2D eigenvalue weighted by Gasteiger charge is 2.28. The zero-order valence-corrected chi connectivity index (χ0v) is 14.9. The van der Waals surface area contributed by atoms with Crippen molar-refractivity contribution in [1.82, 2.24) is 5.32 Å². The summed E-state index contributed by atoms with van der Waals surface area (Å²) in [7, 11) is 0. The van der Waals surface area contributed by atoms with E-state index in [1.54, 1.807) is 0 Å². The topological polar surface area (TPSA) is 35.5 Å². The monoisotopic (exact) mass is 334 g/mol. The summed E-state index contributed by atoms with van der Waals surface area (Å²) >= 11 is 1.95. The van der Waals surface area contributed by atoms with Crippen LogP contribution in [0.4, 0.5) is 5.69 Å². The Balaban J connectivity index is 1.47. The first-order valence-corrected chi connectivity index (χ1v) is 10.3. The van der Waals surface area contributed by atoms with Crippen LogP contribution in [0, 0.1) is 0 Å². The van der Waals surface area contributed by atoms with Crippen molar-refractivity contribution in [2.45, 2.75) is 50.7 Å². The number of hydrogen-bond donors (Lipinski definition) is 2. The van der Waals surface area contributed by atoms with Crippen molar-refractivity contribution in [3.63, 3.8) is 0 Å². The molecule has 0 unspecified atom stereocenters. The molecular formula is C19H30N2OS. The summed E-state index contributed by atoms with van der Waals surface area (Å²) in [6, 6.07) is 8.98. The second kappa shape index (κ2) is 8.41. The van der Waals surface area contributed by atoms with Gasteiger partial charge in [0.1, 0.15) is 0 Å². The predicted octanol–water partition coefficient (Wildman–Crippen LogP) is 3.41. The molecule has 23 heavy (non-hydrogen) atoms. The van der Waals surface area contributed by atoms with Gasteiger partial charge in [-0.15, -0.1) is 0 Å².